The number of hydrogen-bond acceptors (Lipinski definition) is 1. The fourth-order valence-electron chi connectivity index (χ4n) is 5.60. The van der Waals surface area contributed by atoms with Crippen LogP contribution in [-0.2, 0) is 0 Å². The number of halogens is 1. The van der Waals surface area contributed by atoms with Gasteiger partial charge >= 0.3 is 0 Å². The van der Waals surface area contributed by atoms with E-state index < -0.39 is 0 Å². The largest absolute Gasteiger partial charge is 0.305 e. The summed E-state index contributed by atoms with van der Waals surface area (Å²) in [5.41, 5.74) is 0. The van der Waals surface area contributed by atoms with Crippen molar-refractivity contribution in [1.82, 2.24) is 4.90 Å². The van der Waals surface area contributed by atoms with Crippen LogP contribution in [0.3, 0.4) is 0 Å². The van der Waals surface area contributed by atoms with Crippen LogP contribution in [0.2, 0.25) is 0 Å². The van der Waals surface area contributed by atoms with E-state index in [1.807, 2.05) is 0 Å². The van der Waals surface area contributed by atoms with Crippen LogP contribution in [-0.4, -0.2) is 29.0 Å². The SMILES string of the molecule is CN(C)C1C(I)C2CC1C1C3C=CC(C3)C21. The minimum absolute atomic E-state index is 0.861. The molecular formula is C14H20IN. The maximum atomic E-state index is 2.75. The van der Waals surface area contributed by atoms with Crippen LogP contribution in [0.1, 0.15) is 12.8 Å². The van der Waals surface area contributed by atoms with Crippen LogP contribution >= 0.6 is 22.6 Å². The van der Waals surface area contributed by atoms with Crippen molar-refractivity contribution in [3.05, 3.63) is 12.2 Å². The number of hydrogen-bond donors (Lipinski definition) is 0. The first-order valence-corrected chi connectivity index (χ1v) is 7.92. The summed E-state index contributed by atoms with van der Waals surface area (Å²) in [7, 11) is 4.57. The predicted molar refractivity (Wildman–Crippen MR) is 74.6 cm³/mol. The Balaban J connectivity index is 1.72. The summed E-state index contributed by atoms with van der Waals surface area (Å²) in [5, 5.41) is 0. The third-order valence-electron chi connectivity index (χ3n) is 5.89. The average molecular weight is 329 g/mol. The number of fused-ring (bicyclic) bond motifs is 9. The van der Waals surface area contributed by atoms with Gasteiger partial charge in [0.25, 0.3) is 0 Å². The lowest BCUT2D eigenvalue weighted by Crippen LogP contribution is -2.47. The average Bonchev–Trinajstić information content (AvgIpc) is 2.92. The minimum Gasteiger partial charge on any atom is -0.305 e. The zero-order valence-corrected chi connectivity index (χ0v) is 12.2. The molecule has 8 atom stereocenters. The van der Waals surface area contributed by atoms with Gasteiger partial charge < -0.3 is 4.90 Å². The molecule has 4 rings (SSSR count). The molecule has 0 amide bonds. The monoisotopic (exact) mass is 329 g/mol. The van der Waals surface area contributed by atoms with E-state index in [4.69, 9.17) is 0 Å². The Bertz CT molecular complexity index is 351. The Labute approximate surface area is 112 Å². The lowest BCUT2D eigenvalue weighted by Gasteiger charge is -2.42. The van der Waals surface area contributed by atoms with E-state index in [-0.39, 0.29) is 0 Å². The molecule has 0 N–H and O–H groups in total. The molecule has 4 aliphatic rings. The number of alkyl halides is 1. The second kappa shape index (κ2) is 3.25. The number of rotatable bonds is 1. The Kier molecular flexibility index (Phi) is 2.11. The molecule has 0 spiro atoms. The summed E-state index contributed by atoms with van der Waals surface area (Å²) in [6.45, 7) is 0. The Morgan fingerprint density at radius 2 is 1.62 bits per heavy atom. The smallest absolute Gasteiger partial charge is 0.0299 e. The highest BCUT2D eigenvalue weighted by Crippen LogP contribution is 2.67. The van der Waals surface area contributed by atoms with E-state index in [2.05, 4.69) is 53.7 Å². The molecule has 0 aromatic heterocycles. The third kappa shape index (κ3) is 1.07. The van der Waals surface area contributed by atoms with E-state index in [1.54, 1.807) is 0 Å². The molecule has 1 nitrogen and oxygen atoms in total. The zero-order valence-electron chi connectivity index (χ0n) is 10.0. The first-order valence-electron chi connectivity index (χ1n) is 6.67. The molecule has 0 heterocycles. The van der Waals surface area contributed by atoms with Crippen LogP contribution in [0.5, 0.6) is 0 Å². The van der Waals surface area contributed by atoms with Crippen molar-refractivity contribution >= 4 is 22.6 Å². The Hall–Kier alpha value is 0.430. The van der Waals surface area contributed by atoms with Crippen molar-refractivity contribution in [3.8, 4) is 0 Å². The van der Waals surface area contributed by atoms with Gasteiger partial charge in [-0.2, -0.15) is 0 Å². The van der Waals surface area contributed by atoms with E-state index in [0.29, 0.717) is 0 Å². The van der Waals surface area contributed by atoms with Crippen molar-refractivity contribution < 1.29 is 0 Å². The van der Waals surface area contributed by atoms with E-state index in [1.165, 1.54) is 12.8 Å². The molecule has 0 aliphatic heterocycles. The highest BCUT2D eigenvalue weighted by Gasteiger charge is 2.64. The maximum Gasteiger partial charge on any atom is 0.0299 e. The molecule has 4 aliphatic carbocycles. The van der Waals surface area contributed by atoms with Crippen molar-refractivity contribution in [2.24, 2.45) is 35.5 Å². The normalized spacial score (nSPS) is 61.2. The summed E-state index contributed by atoms with van der Waals surface area (Å²) in [5.74, 6) is 6.08. The summed E-state index contributed by atoms with van der Waals surface area (Å²) in [4.78, 5) is 2.51. The zero-order chi connectivity index (χ0) is 11.0. The molecule has 0 radical (unpaired) electrons. The van der Waals surface area contributed by atoms with Gasteiger partial charge in [0.05, 0.1) is 0 Å². The predicted octanol–water partition coefficient (Wildman–Crippen LogP) is 2.81. The molecule has 8 unspecified atom stereocenters. The fourth-order valence-corrected chi connectivity index (χ4v) is 7.55. The summed E-state index contributed by atoms with van der Waals surface area (Å²) in [6.07, 6.45) is 8.11. The molecule has 0 aromatic carbocycles. The lowest BCUT2D eigenvalue weighted by atomic mass is 9.71. The molecule has 16 heavy (non-hydrogen) atoms. The summed E-state index contributed by atoms with van der Waals surface area (Å²) in [6, 6.07) is 0.861. The Morgan fingerprint density at radius 1 is 1.00 bits per heavy atom. The molecule has 2 heteroatoms. The van der Waals surface area contributed by atoms with E-state index in [9.17, 15) is 0 Å². The van der Waals surface area contributed by atoms with E-state index in [0.717, 1.165) is 45.5 Å². The second-order valence-corrected chi connectivity index (χ2v) is 8.00. The van der Waals surface area contributed by atoms with Crippen LogP contribution in [0.25, 0.3) is 0 Å². The molecule has 0 aromatic rings. The molecule has 88 valence electrons. The van der Waals surface area contributed by atoms with Crippen molar-refractivity contribution in [2.75, 3.05) is 14.1 Å². The highest BCUT2D eigenvalue weighted by molar-refractivity contribution is 14.1. The van der Waals surface area contributed by atoms with Crippen molar-refractivity contribution in [1.29, 1.82) is 0 Å². The second-order valence-electron chi connectivity index (χ2n) is 6.57. The van der Waals surface area contributed by atoms with Gasteiger partial charge in [-0.05, 0) is 62.4 Å². The van der Waals surface area contributed by atoms with Gasteiger partial charge in [-0.1, -0.05) is 34.7 Å². The van der Waals surface area contributed by atoms with Crippen LogP contribution < -0.4 is 0 Å². The summed E-state index contributed by atoms with van der Waals surface area (Å²) >= 11 is 2.75. The van der Waals surface area contributed by atoms with Crippen LogP contribution in [0.15, 0.2) is 12.2 Å². The molecule has 3 saturated carbocycles. The molecule has 4 bridgehead atoms. The first kappa shape index (κ1) is 10.4. The van der Waals surface area contributed by atoms with Gasteiger partial charge in [-0.15, -0.1) is 0 Å². The quantitative estimate of drug-likeness (QED) is 0.309. The third-order valence-corrected chi connectivity index (χ3v) is 7.55. The Morgan fingerprint density at radius 3 is 2.25 bits per heavy atom. The fraction of sp³-hybridized carbons (Fsp3) is 0.857. The van der Waals surface area contributed by atoms with E-state index >= 15 is 0 Å². The van der Waals surface area contributed by atoms with Gasteiger partial charge in [0.15, 0.2) is 0 Å². The van der Waals surface area contributed by atoms with Crippen LogP contribution in [0, 0.1) is 35.5 Å². The molecule has 0 saturated heterocycles. The lowest BCUT2D eigenvalue weighted by molar-refractivity contribution is 0.121. The van der Waals surface area contributed by atoms with Gasteiger partial charge in [0.2, 0.25) is 0 Å². The topological polar surface area (TPSA) is 3.24 Å². The standard InChI is InChI=1S/C14H20IN/c1-16(2)14-10-6-9(13(14)15)11-7-3-4-8(5-7)12(10)11/h3-4,7-14H,5-6H2,1-2H3. The number of allylic oxidation sites excluding steroid dienone is 2. The first-order chi connectivity index (χ1) is 7.68. The van der Waals surface area contributed by atoms with Gasteiger partial charge in [0, 0.05) is 9.97 Å². The van der Waals surface area contributed by atoms with Crippen LogP contribution in [0.4, 0.5) is 0 Å². The van der Waals surface area contributed by atoms with Crippen molar-refractivity contribution in [3.63, 3.8) is 0 Å². The van der Waals surface area contributed by atoms with Crippen molar-refractivity contribution in [2.45, 2.75) is 22.8 Å². The highest BCUT2D eigenvalue weighted by atomic mass is 127. The minimum atomic E-state index is 0.861. The number of nitrogens with zero attached hydrogens (tertiary/aromatic N) is 1. The maximum absolute atomic E-state index is 2.75. The van der Waals surface area contributed by atoms with Gasteiger partial charge in [-0.25, -0.2) is 0 Å². The van der Waals surface area contributed by atoms with Gasteiger partial charge in [-0.3, -0.25) is 0 Å². The molecule has 3 fully saturated rings. The van der Waals surface area contributed by atoms with Gasteiger partial charge in [0.1, 0.15) is 0 Å². The molecular weight excluding hydrogens is 309 g/mol. The summed E-state index contributed by atoms with van der Waals surface area (Å²) < 4.78 is 0.909.